The minimum absolute atomic E-state index is 0.0666. The zero-order valence-electron chi connectivity index (χ0n) is 16.9. The van der Waals surface area contributed by atoms with E-state index in [1.807, 2.05) is 25.1 Å². The van der Waals surface area contributed by atoms with Crippen molar-refractivity contribution in [1.82, 2.24) is 14.4 Å². The number of aliphatic hydroxyl groups excluding tert-OH is 1. The summed E-state index contributed by atoms with van der Waals surface area (Å²) in [6, 6.07) is 5.84. The van der Waals surface area contributed by atoms with E-state index in [9.17, 15) is 9.90 Å². The molecule has 1 N–H and O–H groups in total. The first-order chi connectivity index (χ1) is 12.9. The summed E-state index contributed by atoms with van der Waals surface area (Å²) in [4.78, 5) is 16.7. The maximum absolute atomic E-state index is 12.1. The van der Waals surface area contributed by atoms with Crippen LogP contribution in [0.3, 0.4) is 0 Å². The van der Waals surface area contributed by atoms with E-state index in [4.69, 9.17) is 4.74 Å². The number of aryl methyl sites for hydroxylation is 1. The number of β-amino-alcohol motifs (C(OH)–C–C–N with tert-alkyl or cyclic N) is 1. The number of fused-ring (bicyclic) bond motifs is 1. The lowest BCUT2D eigenvalue weighted by Gasteiger charge is -2.33. The number of Topliss-reactive ketones (excluding diaryl/α,β-unsaturated/α-hetero) is 1. The first-order valence-electron chi connectivity index (χ1n) is 9.76. The van der Waals surface area contributed by atoms with E-state index in [0.29, 0.717) is 12.3 Å². The van der Waals surface area contributed by atoms with Crippen molar-refractivity contribution in [2.75, 3.05) is 46.4 Å². The Morgan fingerprint density at radius 3 is 2.59 bits per heavy atom. The smallest absolute Gasteiger partial charge is 0.162 e. The monoisotopic (exact) mass is 373 g/mol. The van der Waals surface area contributed by atoms with Crippen molar-refractivity contribution in [2.45, 2.75) is 33.4 Å². The van der Waals surface area contributed by atoms with Gasteiger partial charge in [-0.2, -0.15) is 0 Å². The molecule has 2 heterocycles. The van der Waals surface area contributed by atoms with Crippen molar-refractivity contribution in [3.05, 3.63) is 29.5 Å². The third-order valence-corrected chi connectivity index (χ3v) is 5.47. The van der Waals surface area contributed by atoms with Crippen LogP contribution in [0.15, 0.2) is 18.2 Å². The molecule has 0 spiro atoms. The van der Waals surface area contributed by atoms with Crippen molar-refractivity contribution in [2.24, 2.45) is 0 Å². The molecule has 0 aliphatic carbocycles. The van der Waals surface area contributed by atoms with Crippen LogP contribution in [0.1, 0.15) is 29.9 Å². The number of piperazine rings is 1. The second kappa shape index (κ2) is 8.42. The number of carbonyl (C=O) groups is 1. The number of hydrogen-bond donors (Lipinski definition) is 1. The number of carbonyl (C=O) groups excluding carboxylic acids is 1. The van der Waals surface area contributed by atoms with Gasteiger partial charge in [-0.1, -0.05) is 0 Å². The van der Waals surface area contributed by atoms with E-state index in [1.165, 1.54) is 0 Å². The highest BCUT2D eigenvalue weighted by Gasteiger charge is 2.19. The first-order valence-corrected chi connectivity index (χ1v) is 9.76. The fourth-order valence-electron chi connectivity index (χ4n) is 3.98. The van der Waals surface area contributed by atoms with E-state index in [1.54, 1.807) is 6.92 Å². The summed E-state index contributed by atoms with van der Waals surface area (Å²) in [7, 11) is 2.12. The van der Waals surface area contributed by atoms with Gasteiger partial charge in [-0.05, 0) is 46.0 Å². The fraction of sp³-hybridized carbons (Fsp3) is 0.571. The molecule has 1 fully saturated rings. The van der Waals surface area contributed by atoms with Gasteiger partial charge in [-0.25, -0.2) is 0 Å². The Bertz CT molecular complexity index is 807. The van der Waals surface area contributed by atoms with Crippen LogP contribution in [0, 0.1) is 6.92 Å². The highest BCUT2D eigenvalue weighted by atomic mass is 16.5. The number of hydrogen-bond acceptors (Lipinski definition) is 5. The minimum atomic E-state index is -0.529. The Labute approximate surface area is 161 Å². The standard InChI is InChI=1S/C21H31N3O3/c1-5-24-15(2)21(16(3)25)19-12-18(6-7-20(19)24)27-14-17(26)13-23-10-8-22(4)9-11-23/h6-7,12,17,26H,5,8-11,13-14H2,1-4H3. The van der Waals surface area contributed by atoms with Crippen LogP contribution in [0.5, 0.6) is 5.75 Å². The maximum Gasteiger partial charge on any atom is 0.162 e. The summed E-state index contributed by atoms with van der Waals surface area (Å²) in [5.41, 5.74) is 2.80. The Morgan fingerprint density at radius 1 is 1.26 bits per heavy atom. The number of nitrogens with zero attached hydrogens (tertiary/aromatic N) is 3. The number of rotatable bonds is 7. The molecule has 1 aromatic carbocycles. The summed E-state index contributed by atoms with van der Waals surface area (Å²) >= 11 is 0. The third-order valence-electron chi connectivity index (χ3n) is 5.47. The molecule has 27 heavy (non-hydrogen) atoms. The average molecular weight is 373 g/mol. The molecule has 1 unspecified atom stereocenters. The molecular weight excluding hydrogens is 342 g/mol. The molecule has 3 rings (SSSR count). The molecule has 1 atom stereocenters. The van der Waals surface area contributed by atoms with Gasteiger partial charge in [0.15, 0.2) is 5.78 Å². The summed E-state index contributed by atoms with van der Waals surface area (Å²) in [6.45, 7) is 11.4. The molecule has 0 bridgehead atoms. The van der Waals surface area contributed by atoms with E-state index < -0.39 is 6.10 Å². The SMILES string of the molecule is CCn1c(C)c(C(C)=O)c2cc(OCC(O)CN3CCN(C)CC3)ccc21. The molecule has 148 valence electrons. The van der Waals surface area contributed by atoms with E-state index in [-0.39, 0.29) is 12.4 Å². The largest absolute Gasteiger partial charge is 0.491 e. The predicted octanol–water partition coefficient (Wildman–Crippen LogP) is 2.16. The Kier molecular flexibility index (Phi) is 6.19. The molecule has 0 radical (unpaired) electrons. The zero-order valence-corrected chi connectivity index (χ0v) is 16.9. The van der Waals surface area contributed by atoms with Crippen LogP contribution in [-0.4, -0.2) is 77.7 Å². The quantitative estimate of drug-likeness (QED) is 0.754. The van der Waals surface area contributed by atoms with Crippen molar-refractivity contribution < 1.29 is 14.6 Å². The first kappa shape index (κ1) is 19.9. The van der Waals surface area contributed by atoms with Crippen molar-refractivity contribution in [3.63, 3.8) is 0 Å². The summed E-state index contributed by atoms with van der Waals surface area (Å²) in [5.74, 6) is 0.757. The lowest BCUT2D eigenvalue weighted by molar-refractivity contribution is 0.0505. The fourth-order valence-corrected chi connectivity index (χ4v) is 3.98. The second-order valence-corrected chi connectivity index (χ2v) is 7.51. The van der Waals surface area contributed by atoms with E-state index >= 15 is 0 Å². The molecule has 1 aliphatic heterocycles. The molecular formula is C21H31N3O3. The summed E-state index contributed by atoms with van der Waals surface area (Å²) < 4.78 is 8.00. The summed E-state index contributed by atoms with van der Waals surface area (Å²) in [5, 5.41) is 11.3. The minimum Gasteiger partial charge on any atom is -0.491 e. The third kappa shape index (κ3) is 4.34. The molecule has 1 aromatic heterocycles. The second-order valence-electron chi connectivity index (χ2n) is 7.51. The van der Waals surface area contributed by atoms with Gasteiger partial charge in [0.2, 0.25) is 0 Å². The van der Waals surface area contributed by atoms with Crippen molar-refractivity contribution in [3.8, 4) is 5.75 Å². The molecule has 0 amide bonds. The number of likely N-dealkylation sites (N-methyl/N-ethyl adjacent to an activating group) is 1. The molecule has 6 heteroatoms. The summed E-state index contributed by atoms with van der Waals surface area (Å²) in [6.07, 6.45) is -0.529. The van der Waals surface area contributed by atoms with Gasteiger partial charge in [-0.3, -0.25) is 9.69 Å². The lowest BCUT2D eigenvalue weighted by atomic mass is 10.1. The highest BCUT2D eigenvalue weighted by Crippen LogP contribution is 2.30. The molecule has 2 aromatic rings. The van der Waals surface area contributed by atoms with E-state index in [2.05, 4.69) is 28.3 Å². The van der Waals surface area contributed by atoms with Crippen LogP contribution in [-0.2, 0) is 6.54 Å². The number of aromatic nitrogens is 1. The maximum atomic E-state index is 12.1. The van der Waals surface area contributed by atoms with Gasteiger partial charge in [0.25, 0.3) is 0 Å². The van der Waals surface area contributed by atoms with Crippen molar-refractivity contribution >= 4 is 16.7 Å². The van der Waals surface area contributed by atoms with Crippen LogP contribution >= 0.6 is 0 Å². The molecule has 1 saturated heterocycles. The number of ether oxygens (including phenoxy) is 1. The van der Waals surface area contributed by atoms with E-state index in [0.717, 1.165) is 54.9 Å². The average Bonchev–Trinajstić information content (AvgIpc) is 2.92. The van der Waals surface area contributed by atoms with Gasteiger partial charge in [-0.15, -0.1) is 0 Å². The van der Waals surface area contributed by atoms with Gasteiger partial charge in [0.05, 0.1) is 0 Å². The molecule has 0 saturated carbocycles. The van der Waals surface area contributed by atoms with Gasteiger partial charge in [0.1, 0.15) is 18.5 Å². The van der Waals surface area contributed by atoms with Gasteiger partial charge >= 0.3 is 0 Å². The zero-order chi connectivity index (χ0) is 19.6. The Balaban J connectivity index is 1.68. The molecule has 1 aliphatic rings. The Hall–Kier alpha value is -1.89. The highest BCUT2D eigenvalue weighted by molar-refractivity contribution is 6.08. The van der Waals surface area contributed by atoms with Crippen molar-refractivity contribution in [1.29, 1.82) is 0 Å². The topological polar surface area (TPSA) is 57.9 Å². The number of benzene rings is 1. The van der Waals surface area contributed by atoms with Crippen LogP contribution in [0.25, 0.3) is 10.9 Å². The number of ketones is 1. The van der Waals surface area contributed by atoms with Crippen LogP contribution < -0.4 is 4.74 Å². The lowest BCUT2D eigenvalue weighted by Crippen LogP contribution is -2.47. The normalized spacial score (nSPS) is 17.4. The molecule has 6 nitrogen and oxygen atoms in total. The number of aliphatic hydroxyl groups is 1. The Morgan fingerprint density at radius 2 is 1.96 bits per heavy atom. The van der Waals surface area contributed by atoms with Gasteiger partial charge in [0, 0.05) is 61.4 Å². The van der Waals surface area contributed by atoms with Crippen LogP contribution in [0.4, 0.5) is 0 Å². The van der Waals surface area contributed by atoms with Crippen LogP contribution in [0.2, 0.25) is 0 Å². The van der Waals surface area contributed by atoms with Gasteiger partial charge < -0.3 is 19.3 Å². The predicted molar refractivity (Wildman–Crippen MR) is 108 cm³/mol.